The van der Waals surface area contributed by atoms with Crippen molar-refractivity contribution in [1.29, 1.82) is 0 Å². The lowest BCUT2D eigenvalue weighted by atomic mass is 10.1. The molecule has 0 spiro atoms. The number of aromatic nitrogens is 2. The Morgan fingerprint density at radius 3 is 3.00 bits per heavy atom. The number of aliphatic hydroxyl groups excluding tert-OH is 1. The first-order valence-electron chi connectivity index (χ1n) is 4.41. The highest BCUT2D eigenvalue weighted by Gasteiger charge is 2.17. The van der Waals surface area contributed by atoms with Gasteiger partial charge in [0.2, 0.25) is 5.78 Å². The summed E-state index contributed by atoms with van der Waals surface area (Å²) < 4.78 is 5.00. The maximum absolute atomic E-state index is 11.9. The van der Waals surface area contributed by atoms with E-state index in [1.165, 1.54) is 24.9 Å². The molecule has 0 aliphatic heterocycles. The maximum atomic E-state index is 11.9. The van der Waals surface area contributed by atoms with Gasteiger partial charge >= 0.3 is 0 Å². The molecule has 2 heterocycles. The molecule has 0 atom stereocenters. The Kier molecular flexibility index (Phi) is 2.98. The molecule has 0 fully saturated rings. The van der Waals surface area contributed by atoms with E-state index in [1.807, 2.05) is 0 Å². The van der Waals surface area contributed by atoms with Gasteiger partial charge in [-0.15, -0.1) is 0 Å². The fourth-order valence-corrected chi connectivity index (χ4v) is 1.36. The monoisotopic (exact) mass is 238 g/mol. The number of halogens is 1. The third-order valence-corrected chi connectivity index (χ3v) is 2.27. The second-order valence-corrected chi connectivity index (χ2v) is 3.39. The second kappa shape index (κ2) is 4.42. The molecule has 2 aromatic rings. The van der Waals surface area contributed by atoms with Gasteiger partial charge in [-0.1, -0.05) is 11.6 Å². The smallest absolute Gasteiger partial charge is 0.232 e. The van der Waals surface area contributed by atoms with Gasteiger partial charge in [-0.05, 0) is 6.07 Å². The Balaban J connectivity index is 2.35. The van der Waals surface area contributed by atoms with Gasteiger partial charge in [0.05, 0.1) is 18.4 Å². The van der Waals surface area contributed by atoms with E-state index in [-0.39, 0.29) is 23.1 Å². The van der Waals surface area contributed by atoms with Crippen molar-refractivity contribution in [3.63, 3.8) is 0 Å². The SMILES string of the molecule is O=C(c1cc(CO)co1)c1cncnc1Cl. The molecule has 6 heteroatoms. The highest BCUT2D eigenvalue weighted by molar-refractivity contribution is 6.33. The van der Waals surface area contributed by atoms with Crippen molar-refractivity contribution in [2.75, 3.05) is 0 Å². The first kappa shape index (κ1) is 10.8. The number of ketones is 1. The van der Waals surface area contributed by atoms with Crippen LogP contribution in [0.3, 0.4) is 0 Å². The molecule has 0 saturated carbocycles. The van der Waals surface area contributed by atoms with E-state index in [2.05, 4.69) is 9.97 Å². The van der Waals surface area contributed by atoms with E-state index in [0.717, 1.165) is 0 Å². The highest BCUT2D eigenvalue weighted by Crippen LogP contribution is 2.17. The zero-order chi connectivity index (χ0) is 11.5. The average Bonchev–Trinajstić information content (AvgIpc) is 2.77. The van der Waals surface area contributed by atoms with Gasteiger partial charge < -0.3 is 9.52 Å². The standard InChI is InChI=1S/C10H7ClN2O3/c11-10-7(2-12-5-13-10)9(15)8-1-6(3-14)4-16-8/h1-2,4-5,14H,3H2. The van der Waals surface area contributed by atoms with Crippen LogP contribution in [0.2, 0.25) is 5.15 Å². The van der Waals surface area contributed by atoms with Gasteiger partial charge in [0, 0.05) is 11.8 Å². The summed E-state index contributed by atoms with van der Waals surface area (Å²) in [5.74, 6) is -0.314. The van der Waals surface area contributed by atoms with E-state index in [4.69, 9.17) is 21.1 Å². The molecule has 0 amide bonds. The van der Waals surface area contributed by atoms with Crippen molar-refractivity contribution >= 4 is 17.4 Å². The van der Waals surface area contributed by atoms with Gasteiger partial charge in [-0.2, -0.15) is 0 Å². The molecule has 1 N–H and O–H groups in total. The summed E-state index contributed by atoms with van der Waals surface area (Å²) in [5.41, 5.74) is 0.694. The minimum absolute atomic E-state index is 0.0712. The fourth-order valence-electron chi connectivity index (χ4n) is 1.18. The molecule has 16 heavy (non-hydrogen) atoms. The number of aliphatic hydroxyl groups is 1. The topological polar surface area (TPSA) is 76.2 Å². The largest absolute Gasteiger partial charge is 0.460 e. The predicted octanol–water partition coefficient (Wildman–Crippen LogP) is 1.45. The molecule has 0 aliphatic rings. The number of hydrogen-bond acceptors (Lipinski definition) is 5. The van der Waals surface area contributed by atoms with E-state index in [0.29, 0.717) is 5.56 Å². The summed E-state index contributed by atoms with van der Waals surface area (Å²) in [6, 6.07) is 1.45. The number of hydrogen-bond donors (Lipinski definition) is 1. The van der Waals surface area contributed by atoms with Crippen molar-refractivity contribution in [1.82, 2.24) is 9.97 Å². The van der Waals surface area contributed by atoms with E-state index in [9.17, 15) is 4.79 Å². The molecule has 2 rings (SSSR count). The van der Waals surface area contributed by atoms with Crippen LogP contribution in [-0.4, -0.2) is 20.9 Å². The van der Waals surface area contributed by atoms with Crippen molar-refractivity contribution < 1.29 is 14.3 Å². The molecule has 0 saturated heterocycles. The van der Waals surface area contributed by atoms with Gasteiger partial charge in [-0.25, -0.2) is 9.97 Å². The Labute approximate surface area is 95.7 Å². The molecule has 0 radical (unpaired) electrons. The lowest BCUT2D eigenvalue weighted by Gasteiger charge is -1.97. The van der Waals surface area contributed by atoms with Crippen molar-refractivity contribution in [3.8, 4) is 0 Å². The van der Waals surface area contributed by atoms with Gasteiger partial charge in [-0.3, -0.25) is 4.79 Å². The summed E-state index contributed by atoms with van der Waals surface area (Å²) in [4.78, 5) is 19.3. The number of carbonyl (C=O) groups is 1. The maximum Gasteiger partial charge on any atom is 0.232 e. The Morgan fingerprint density at radius 2 is 2.38 bits per heavy atom. The molecule has 82 valence electrons. The van der Waals surface area contributed by atoms with Crippen molar-refractivity contribution in [2.45, 2.75) is 6.61 Å². The summed E-state index contributed by atoms with van der Waals surface area (Å²) in [5, 5.41) is 8.91. The normalized spacial score (nSPS) is 10.4. The third kappa shape index (κ3) is 1.95. The van der Waals surface area contributed by atoms with Crippen LogP contribution in [0.5, 0.6) is 0 Å². The van der Waals surface area contributed by atoms with Crippen LogP contribution in [0.1, 0.15) is 21.7 Å². The lowest BCUT2D eigenvalue weighted by Crippen LogP contribution is -2.02. The number of nitrogens with zero attached hydrogens (tertiary/aromatic N) is 2. The number of furan rings is 1. The number of carbonyl (C=O) groups excluding carboxylic acids is 1. The fraction of sp³-hybridized carbons (Fsp3) is 0.100. The van der Waals surface area contributed by atoms with Gasteiger partial charge in [0.25, 0.3) is 0 Å². The molecule has 0 unspecified atom stereocenters. The van der Waals surface area contributed by atoms with Crippen LogP contribution in [-0.2, 0) is 6.61 Å². The minimum Gasteiger partial charge on any atom is -0.460 e. The van der Waals surface area contributed by atoms with Gasteiger partial charge in [0.15, 0.2) is 5.76 Å². The summed E-state index contributed by atoms with van der Waals surface area (Å²) in [6.07, 6.45) is 3.88. The Bertz CT molecular complexity index is 524. The van der Waals surface area contributed by atoms with E-state index < -0.39 is 5.78 Å². The van der Waals surface area contributed by atoms with Crippen LogP contribution in [0.25, 0.3) is 0 Å². The highest BCUT2D eigenvalue weighted by atomic mass is 35.5. The first-order chi connectivity index (χ1) is 7.72. The zero-order valence-electron chi connectivity index (χ0n) is 8.05. The van der Waals surface area contributed by atoms with Crippen LogP contribution in [0.4, 0.5) is 0 Å². The quantitative estimate of drug-likeness (QED) is 0.647. The average molecular weight is 239 g/mol. The predicted molar refractivity (Wildman–Crippen MR) is 55.1 cm³/mol. The van der Waals surface area contributed by atoms with Crippen LogP contribution >= 0.6 is 11.6 Å². The van der Waals surface area contributed by atoms with Crippen molar-refractivity contribution in [2.24, 2.45) is 0 Å². The molecule has 0 bridgehead atoms. The Morgan fingerprint density at radius 1 is 1.56 bits per heavy atom. The van der Waals surface area contributed by atoms with E-state index in [1.54, 1.807) is 0 Å². The lowest BCUT2D eigenvalue weighted by molar-refractivity contribution is 0.101. The first-order valence-corrected chi connectivity index (χ1v) is 4.78. The molecule has 2 aromatic heterocycles. The van der Waals surface area contributed by atoms with Crippen LogP contribution < -0.4 is 0 Å². The minimum atomic E-state index is -0.412. The van der Waals surface area contributed by atoms with E-state index >= 15 is 0 Å². The third-order valence-electron chi connectivity index (χ3n) is 1.97. The van der Waals surface area contributed by atoms with Gasteiger partial charge in [0.1, 0.15) is 11.5 Å². The summed E-state index contributed by atoms with van der Waals surface area (Å²) in [7, 11) is 0. The molecule has 0 aliphatic carbocycles. The second-order valence-electron chi connectivity index (χ2n) is 3.03. The molecular weight excluding hydrogens is 232 g/mol. The van der Waals surface area contributed by atoms with Crippen molar-refractivity contribution in [3.05, 3.63) is 46.9 Å². The van der Waals surface area contributed by atoms with Crippen LogP contribution in [0.15, 0.2) is 29.3 Å². The Hall–Kier alpha value is -1.72. The zero-order valence-corrected chi connectivity index (χ0v) is 8.81. The molecular formula is C10H7ClN2O3. The summed E-state index contributed by atoms with van der Waals surface area (Å²) in [6.45, 7) is -0.185. The summed E-state index contributed by atoms with van der Waals surface area (Å²) >= 11 is 5.75. The molecule has 0 aromatic carbocycles. The van der Waals surface area contributed by atoms with Crippen LogP contribution in [0, 0.1) is 0 Å². The number of rotatable bonds is 3. The molecule has 5 nitrogen and oxygen atoms in total.